The van der Waals surface area contributed by atoms with Gasteiger partial charge in [-0.2, -0.15) is 0 Å². The van der Waals surface area contributed by atoms with Gasteiger partial charge in [0.2, 0.25) is 0 Å². The van der Waals surface area contributed by atoms with Crippen molar-refractivity contribution < 1.29 is 24.4 Å². The van der Waals surface area contributed by atoms with Crippen LogP contribution in [0.4, 0.5) is 10.5 Å². The third-order valence-electron chi connectivity index (χ3n) is 3.37. The largest absolute Gasteiger partial charge is 0.479 e. The zero-order valence-electron chi connectivity index (χ0n) is 14.8. The molecule has 1 N–H and O–H groups in total. The van der Waals surface area contributed by atoms with Crippen molar-refractivity contribution in [1.29, 1.82) is 0 Å². The first-order valence-electron chi connectivity index (χ1n) is 7.44. The van der Waals surface area contributed by atoms with Crippen LogP contribution < -0.4 is 0 Å². The van der Waals surface area contributed by atoms with E-state index in [0.29, 0.717) is 5.56 Å². The molecule has 1 amide bonds. The van der Waals surface area contributed by atoms with Crippen LogP contribution in [0.15, 0.2) is 24.3 Å². The molecule has 0 aliphatic carbocycles. The van der Waals surface area contributed by atoms with Gasteiger partial charge in [0.15, 0.2) is 4.87 Å². The summed E-state index contributed by atoms with van der Waals surface area (Å²) in [6, 6.07) is 5.82. The van der Waals surface area contributed by atoms with Gasteiger partial charge in [-0.3, -0.25) is 15.0 Å². The van der Waals surface area contributed by atoms with E-state index in [9.17, 15) is 24.8 Å². The maximum absolute atomic E-state index is 12.2. The molecule has 0 aromatic heterocycles. The maximum Gasteiger partial charge on any atom is 0.411 e. The molecule has 0 radical (unpaired) electrons. The van der Waals surface area contributed by atoms with Gasteiger partial charge in [0.05, 0.1) is 4.92 Å². The molecule has 1 atom stereocenters. The Morgan fingerprint density at radius 1 is 1.24 bits per heavy atom. The molecule has 0 heterocycles. The molecule has 0 saturated heterocycles. The molecular weight excluding hydrogens is 348 g/mol. The summed E-state index contributed by atoms with van der Waals surface area (Å²) in [6.07, 6.45) is -0.742. The first-order chi connectivity index (χ1) is 11.4. The number of carboxylic acids is 1. The lowest BCUT2D eigenvalue weighted by Crippen LogP contribution is -2.52. The Morgan fingerprint density at radius 3 is 2.16 bits per heavy atom. The Hall–Kier alpha value is -2.29. The number of thioether (sulfide) groups is 1. The first-order valence-corrected chi connectivity index (χ1v) is 8.43. The summed E-state index contributed by atoms with van der Waals surface area (Å²) in [5.74, 6) is -0.929. The van der Waals surface area contributed by atoms with Crippen LogP contribution in [0, 0.1) is 10.1 Å². The maximum atomic E-state index is 12.2. The van der Waals surface area contributed by atoms with Crippen molar-refractivity contribution in [2.45, 2.75) is 43.9 Å². The molecule has 0 aliphatic rings. The minimum atomic E-state index is -1.55. The van der Waals surface area contributed by atoms with Crippen molar-refractivity contribution in [1.82, 2.24) is 4.90 Å². The number of carboxylic acid groups (broad SMARTS) is 1. The van der Waals surface area contributed by atoms with Crippen LogP contribution in [0.1, 0.15) is 33.3 Å². The number of amides is 1. The quantitative estimate of drug-likeness (QED) is 0.463. The smallest absolute Gasteiger partial charge is 0.411 e. The van der Waals surface area contributed by atoms with E-state index in [4.69, 9.17) is 4.74 Å². The van der Waals surface area contributed by atoms with Crippen LogP contribution in [0.25, 0.3) is 0 Å². The summed E-state index contributed by atoms with van der Waals surface area (Å²) in [5.41, 5.74) is -0.0744. The molecule has 0 fully saturated rings. The van der Waals surface area contributed by atoms with Gasteiger partial charge >= 0.3 is 12.1 Å². The van der Waals surface area contributed by atoms with Crippen LogP contribution in [0.2, 0.25) is 0 Å². The van der Waals surface area contributed by atoms with Gasteiger partial charge in [0.25, 0.3) is 5.69 Å². The number of likely N-dealkylation sites (N-methyl/N-ethyl adjacent to an activating group) is 1. The van der Waals surface area contributed by atoms with E-state index in [2.05, 4.69) is 0 Å². The minimum absolute atomic E-state index is 0.0411. The predicted molar refractivity (Wildman–Crippen MR) is 94.4 cm³/mol. The molecule has 1 aromatic rings. The van der Waals surface area contributed by atoms with E-state index < -0.39 is 27.5 Å². The number of nitrogens with zero attached hydrogens (tertiary/aromatic N) is 2. The fourth-order valence-corrected chi connectivity index (χ4v) is 2.78. The lowest BCUT2D eigenvalue weighted by atomic mass is 10.2. The molecule has 0 aliphatic heterocycles. The summed E-state index contributed by atoms with van der Waals surface area (Å²) in [7, 11) is 1.37. The number of hydrogen-bond acceptors (Lipinski definition) is 6. The van der Waals surface area contributed by atoms with Crippen molar-refractivity contribution >= 4 is 29.5 Å². The highest BCUT2D eigenvalue weighted by atomic mass is 32.2. The van der Waals surface area contributed by atoms with E-state index in [1.165, 1.54) is 26.1 Å². The van der Waals surface area contributed by atoms with Crippen LogP contribution >= 0.6 is 11.8 Å². The number of hydrogen-bond donors (Lipinski definition) is 1. The van der Waals surface area contributed by atoms with E-state index >= 15 is 0 Å². The molecule has 0 spiro atoms. The number of ether oxygens (including phenoxy) is 1. The number of non-ortho nitro benzene ring substituents is 1. The standard InChI is InChI=1S/C16H22N2O6S/c1-15(2,3)24-14(21)17(5)16(4,13(19)20)25-10-11-6-8-12(9-7-11)18(22)23/h6-9H,10H2,1-5H3,(H,19,20)/t16-/m1/s1. The molecule has 25 heavy (non-hydrogen) atoms. The second-order valence-electron chi connectivity index (χ2n) is 6.54. The SMILES string of the molecule is CN(C(=O)OC(C)(C)C)[C@](C)(SCc1ccc([N+](=O)[O-])cc1)C(=O)O. The van der Waals surface area contributed by atoms with Gasteiger partial charge in [-0.15, -0.1) is 11.8 Å². The normalized spacial score (nSPS) is 13.6. The van der Waals surface area contributed by atoms with E-state index in [-0.39, 0.29) is 11.4 Å². The molecular formula is C16H22N2O6S. The van der Waals surface area contributed by atoms with E-state index in [0.717, 1.165) is 16.7 Å². The van der Waals surface area contributed by atoms with Crippen molar-refractivity contribution in [2.24, 2.45) is 0 Å². The summed E-state index contributed by atoms with van der Waals surface area (Å²) < 4.78 is 5.23. The number of aliphatic carboxylic acids is 1. The Labute approximate surface area is 150 Å². The van der Waals surface area contributed by atoms with E-state index in [1.54, 1.807) is 32.9 Å². The molecule has 8 nitrogen and oxygen atoms in total. The number of nitro benzene ring substituents is 1. The topological polar surface area (TPSA) is 110 Å². The molecule has 9 heteroatoms. The number of carbonyl (C=O) groups is 2. The highest BCUT2D eigenvalue weighted by molar-refractivity contribution is 8.00. The fraction of sp³-hybridized carbons (Fsp3) is 0.500. The van der Waals surface area contributed by atoms with Gasteiger partial charge in [0.1, 0.15) is 5.60 Å². The Kier molecular flexibility index (Phi) is 6.42. The Morgan fingerprint density at radius 2 is 1.76 bits per heavy atom. The molecule has 0 unspecified atom stereocenters. The molecule has 1 rings (SSSR count). The zero-order valence-corrected chi connectivity index (χ0v) is 15.6. The Balaban J connectivity index is 2.89. The van der Waals surface area contributed by atoms with Gasteiger partial charge in [0, 0.05) is 24.9 Å². The summed E-state index contributed by atoms with van der Waals surface area (Å²) in [4.78, 5) is 33.6. The second-order valence-corrected chi connectivity index (χ2v) is 7.91. The second kappa shape index (κ2) is 7.73. The first kappa shape index (κ1) is 20.8. The summed E-state index contributed by atoms with van der Waals surface area (Å²) in [6.45, 7) is 6.50. The highest BCUT2D eigenvalue weighted by Crippen LogP contribution is 2.33. The molecule has 0 saturated carbocycles. The van der Waals surface area contributed by atoms with Gasteiger partial charge in [-0.1, -0.05) is 12.1 Å². The third-order valence-corrected chi connectivity index (χ3v) is 4.86. The number of nitro groups is 1. The molecule has 0 bridgehead atoms. The average Bonchev–Trinajstić information content (AvgIpc) is 2.50. The van der Waals surface area contributed by atoms with Crippen LogP contribution in [-0.2, 0) is 15.3 Å². The fourth-order valence-electron chi connectivity index (χ4n) is 1.74. The van der Waals surface area contributed by atoms with Crippen molar-refractivity contribution in [3.8, 4) is 0 Å². The average molecular weight is 370 g/mol. The molecule has 138 valence electrons. The van der Waals surface area contributed by atoms with Gasteiger partial charge in [-0.25, -0.2) is 9.59 Å². The van der Waals surface area contributed by atoms with Crippen LogP contribution in [0.5, 0.6) is 0 Å². The van der Waals surface area contributed by atoms with Crippen LogP contribution in [-0.4, -0.2) is 44.5 Å². The highest BCUT2D eigenvalue weighted by Gasteiger charge is 2.42. The monoisotopic (exact) mass is 370 g/mol. The number of rotatable bonds is 6. The number of benzene rings is 1. The van der Waals surface area contributed by atoms with Crippen molar-refractivity contribution in [3.63, 3.8) is 0 Å². The van der Waals surface area contributed by atoms with Gasteiger partial charge in [-0.05, 0) is 33.3 Å². The van der Waals surface area contributed by atoms with Crippen molar-refractivity contribution in [3.05, 3.63) is 39.9 Å². The third kappa shape index (κ3) is 5.63. The lowest BCUT2D eigenvalue weighted by Gasteiger charge is -2.35. The predicted octanol–water partition coefficient (Wildman–Crippen LogP) is 3.50. The number of carbonyl (C=O) groups excluding carboxylic acids is 1. The van der Waals surface area contributed by atoms with E-state index in [1.807, 2.05) is 0 Å². The summed E-state index contributed by atoms with van der Waals surface area (Å²) >= 11 is 1.02. The summed E-state index contributed by atoms with van der Waals surface area (Å²) in [5, 5.41) is 20.2. The Bertz CT molecular complexity index is 656. The zero-order chi connectivity index (χ0) is 19.4. The minimum Gasteiger partial charge on any atom is -0.479 e. The van der Waals surface area contributed by atoms with Crippen molar-refractivity contribution in [2.75, 3.05) is 7.05 Å². The lowest BCUT2D eigenvalue weighted by molar-refractivity contribution is -0.384. The van der Waals surface area contributed by atoms with Crippen LogP contribution in [0.3, 0.4) is 0 Å². The molecule has 1 aromatic carbocycles. The van der Waals surface area contributed by atoms with Gasteiger partial charge < -0.3 is 9.84 Å².